The van der Waals surface area contributed by atoms with Crippen LogP contribution in [0.5, 0.6) is 0 Å². The van der Waals surface area contributed by atoms with Gasteiger partial charge in [0.2, 0.25) is 0 Å². The highest BCUT2D eigenvalue weighted by atomic mass is 15.1. The Hall–Kier alpha value is -0.340. The zero-order chi connectivity index (χ0) is 12.2. The predicted octanol–water partition coefficient (Wildman–Crippen LogP) is 2.66. The molecule has 0 atom stereocenters. The highest BCUT2D eigenvalue weighted by Crippen LogP contribution is 2.19. The Morgan fingerprint density at radius 3 is 2.62 bits per heavy atom. The summed E-state index contributed by atoms with van der Waals surface area (Å²) in [4.78, 5) is 2.56. The first-order chi connectivity index (χ1) is 7.39. The van der Waals surface area contributed by atoms with Crippen molar-refractivity contribution in [3.63, 3.8) is 0 Å². The molecule has 0 bridgehead atoms. The summed E-state index contributed by atoms with van der Waals surface area (Å²) >= 11 is 0. The molecule has 0 saturated carbocycles. The number of rotatable bonds is 5. The molecule has 0 spiro atoms. The average Bonchev–Trinajstić information content (AvgIpc) is 2.19. The quantitative estimate of drug-likeness (QED) is 0.722. The summed E-state index contributed by atoms with van der Waals surface area (Å²) in [7, 11) is 0. The van der Waals surface area contributed by atoms with Gasteiger partial charge in [-0.2, -0.15) is 0 Å². The van der Waals surface area contributed by atoms with Gasteiger partial charge in [-0.25, -0.2) is 0 Å². The number of nitrogens with zero attached hydrogens (tertiary/aromatic N) is 1. The van der Waals surface area contributed by atoms with Gasteiger partial charge in [0.1, 0.15) is 0 Å². The molecule has 0 aromatic rings. The Bertz CT molecular complexity index is 241. The van der Waals surface area contributed by atoms with Gasteiger partial charge in [0, 0.05) is 32.2 Å². The second-order valence-corrected chi connectivity index (χ2v) is 6.24. The van der Waals surface area contributed by atoms with Gasteiger partial charge in [-0.15, -0.1) is 0 Å². The molecule has 0 aromatic carbocycles. The van der Waals surface area contributed by atoms with Gasteiger partial charge in [0.15, 0.2) is 0 Å². The molecular weight excluding hydrogens is 196 g/mol. The Morgan fingerprint density at radius 2 is 2.12 bits per heavy atom. The minimum absolute atomic E-state index is 0.364. The molecule has 94 valence electrons. The smallest absolute Gasteiger partial charge is 0.0166 e. The van der Waals surface area contributed by atoms with Gasteiger partial charge in [-0.3, -0.25) is 4.90 Å². The van der Waals surface area contributed by atoms with E-state index < -0.39 is 0 Å². The molecule has 1 rings (SSSR count). The van der Waals surface area contributed by atoms with Crippen molar-refractivity contribution in [2.45, 2.75) is 47.1 Å². The Labute approximate surface area is 101 Å². The minimum atomic E-state index is 0.364. The molecule has 2 heteroatoms. The summed E-state index contributed by atoms with van der Waals surface area (Å²) in [5.74, 6) is 0. The van der Waals surface area contributed by atoms with Crippen LogP contribution in [0.4, 0.5) is 0 Å². The monoisotopic (exact) mass is 224 g/mol. The lowest BCUT2D eigenvalue weighted by Gasteiger charge is -2.34. The van der Waals surface area contributed by atoms with Crippen LogP contribution in [0.25, 0.3) is 0 Å². The van der Waals surface area contributed by atoms with Crippen LogP contribution in [0.15, 0.2) is 11.6 Å². The first-order valence-corrected chi connectivity index (χ1v) is 6.50. The summed E-state index contributed by atoms with van der Waals surface area (Å²) in [6.45, 7) is 16.0. The number of hydrogen-bond donors (Lipinski definition) is 1. The van der Waals surface area contributed by atoms with Crippen LogP contribution in [0.2, 0.25) is 0 Å². The van der Waals surface area contributed by atoms with E-state index in [1.165, 1.54) is 19.5 Å². The predicted molar refractivity (Wildman–Crippen MR) is 71.7 cm³/mol. The SMILES string of the molecule is CC1=CCN(CC(C)(C)CNC(C)C)CC1. The lowest BCUT2D eigenvalue weighted by atomic mass is 9.91. The van der Waals surface area contributed by atoms with Crippen LogP contribution in [0, 0.1) is 5.41 Å². The second-order valence-electron chi connectivity index (χ2n) is 6.24. The molecule has 1 aliphatic rings. The van der Waals surface area contributed by atoms with Crippen molar-refractivity contribution in [3.05, 3.63) is 11.6 Å². The van der Waals surface area contributed by atoms with Crippen molar-refractivity contribution in [2.24, 2.45) is 5.41 Å². The van der Waals surface area contributed by atoms with E-state index >= 15 is 0 Å². The minimum Gasteiger partial charge on any atom is -0.314 e. The molecule has 0 fully saturated rings. The number of hydrogen-bond acceptors (Lipinski definition) is 2. The molecule has 1 heterocycles. The zero-order valence-electron chi connectivity index (χ0n) is 11.6. The highest BCUT2D eigenvalue weighted by Gasteiger charge is 2.22. The fraction of sp³-hybridized carbons (Fsp3) is 0.857. The van der Waals surface area contributed by atoms with Crippen molar-refractivity contribution in [3.8, 4) is 0 Å². The van der Waals surface area contributed by atoms with Gasteiger partial charge in [-0.05, 0) is 18.8 Å². The standard InChI is InChI=1S/C14H28N2/c1-12(2)15-10-14(4,5)11-16-8-6-13(3)7-9-16/h6,12,15H,7-11H2,1-5H3. The summed E-state index contributed by atoms with van der Waals surface area (Å²) in [6.07, 6.45) is 3.61. The fourth-order valence-electron chi connectivity index (χ4n) is 2.10. The van der Waals surface area contributed by atoms with E-state index in [0.717, 1.165) is 13.1 Å². The molecule has 1 N–H and O–H groups in total. The van der Waals surface area contributed by atoms with Gasteiger partial charge in [0.25, 0.3) is 0 Å². The third-order valence-corrected chi connectivity index (χ3v) is 3.16. The van der Waals surface area contributed by atoms with E-state index in [0.29, 0.717) is 11.5 Å². The maximum Gasteiger partial charge on any atom is 0.0166 e. The Balaban J connectivity index is 2.34. The second kappa shape index (κ2) is 5.83. The lowest BCUT2D eigenvalue weighted by Crippen LogP contribution is -2.43. The first-order valence-electron chi connectivity index (χ1n) is 6.50. The van der Waals surface area contributed by atoms with Gasteiger partial charge < -0.3 is 5.32 Å². The van der Waals surface area contributed by atoms with E-state index in [9.17, 15) is 0 Å². The van der Waals surface area contributed by atoms with Crippen molar-refractivity contribution in [2.75, 3.05) is 26.2 Å². The van der Waals surface area contributed by atoms with Crippen molar-refractivity contribution >= 4 is 0 Å². The molecular formula is C14H28N2. The maximum atomic E-state index is 3.54. The van der Waals surface area contributed by atoms with Crippen LogP contribution in [-0.4, -0.2) is 37.1 Å². The van der Waals surface area contributed by atoms with Crippen LogP contribution >= 0.6 is 0 Å². The third-order valence-electron chi connectivity index (χ3n) is 3.16. The maximum absolute atomic E-state index is 3.54. The zero-order valence-corrected chi connectivity index (χ0v) is 11.6. The molecule has 2 nitrogen and oxygen atoms in total. The van der Waals surface area contributed by atoms with E-state index in [1.54, 1.807) is 5.57 Å². The van der Waals surface area contributed by atoms with Crippen LogP contribution in [0.1, 0.15) is 41.0 Å². The van der Waals surface area contributed by atoms with Gasteiger partial charge in [-0.1, -0.05) is 39.3 Å². The molecule has 0 aromatic heterocycles. The largest absolute Gasteiger partial charge is 0.314 e. The summed E-state index contributed by atoms with van der Waals surface area (Å²) in [5, 5.41) is 3.54. The Kier molecular flexibility index (Phi) is 5.00. The van der Waals surface area contributed by atoms with Crippen LogP contribution in [-0.2, 0) is 0 Å². The van der Waals surface area contributed by atoms with Crippen molar-refractivity contribution < 1.29 is 0 Å². The topological polar surface area (TPSA) is 15.3 Å². The van der Waals surface area contributed by atoms with Crippen LogP contribution in [0.3, 0.4) is 0 Å². The first kappa shape index (κ1) is 13.7. The summed E-state index contributed by atoms with van der Waals surface area (Å²) in [5.41, 5.74) is 1.91. The molecule has 0 saturated heterocycles. The summed E-state index contributed by atoms with van der Waals surface area (Å²) < 4.78 is 0. The average molecular weight is 224 g/mol. The molecule has 0 aliphatic carbocycles. The van der Waals surface area contributed by atoms with Gasteiger partial charge in [0.05, 0.1) is 0 Å². The third kappa shape index (κ3) is 5.13. The van der Waals surface area contributed by atoms with E-state index in [-0.39, 0.29) is 0 Å². The van der Waals surface area contributed by atoms with E-state index in [1.807, 2.05) is 0 Å². The lowest BCUT2D eigenvalue weighted by molar-refractivity contribution is 0.181. The normalized spacial score (nSPS) is 19.0. The fourth-order valence-corrected chi connectivity index (χ4v) is 2.10. The van der Waals surface area contributed by atoms with Crippen molar-refractivity contribution in [1.82, 2.24) is 10.2 Å². The van der Waals surface area contributed by atoms with E-state index in [4.69, 9.17) is 0 Å². The Morgan fingerprint density at radius 1 is 1.44 bits per heavy atom. The molecule has 0 unspecified atom stereocenters. The van der Waals surface area contributed by atoms with E-state index in [2.05, 4.69) is 50.9 Å². The summed E-state index contributed by atoms with van der Waals surface area (Å²) in [6, 6.07) is 0.586. The molecule has 16 heavy (non-hydrogen) atoms. The molecule has 0 radical (unpaired) electrons. The van der Waals surface area contributed by atoms with Gasteiger partial charge >= 0.3 is 0 Å². The molecule has 0 amide bonds. The van der Waals surface area contributed by atoms with Crippen molar-refractivity contribution in [1.29, 1.82) is 0 Å². The van der Waals surface area contributed by atoms with Crippen LogP contribution < -0.4 is 5.32 Å². The highest BCUT2D eigenvalue weighted by molar-refractivity contribution is 5.04. The number of nitrogens with one attached hydrogen (secondary N) is 1. The molecule has 1 aliphatic heterocycles.